The molecule has 0 radical (unpaired) electrons. The summed E-state index contributed by atoms with van der Waals surface area (Å²) < 4.78 is 0. The van der Waals surface area contributed by atoms with Crippen molar-refractivity contribution < 1.29 is 0 Å². The minimum atomic E-state index is 0.161. The van der Waals surface area contributed by atoms with Crippen molar-refractivity contribution in [1.82, 2.24) is 0 Å². The number of nitrogens with zero attached hydrogens (tertiary/aromatic N) is 1. The zero-order valence-electron chi connectivity index (χ0n) is 6.51. The molecule has 0 spiro atoms. The lowest BCUT2D eigenvalue weighted by Gasteiger charge is -2.18. The molecule has 0 aromatic heterocycles. The number of allylic oxidation sites excluding steroid dienone is 1. The van der Waals surface area contributed by atoms with E-state index < -0.39 is 0 Å². The Hall–Kier alpha value is -0.460. The van der Waals surface area contributed by atoms with Crippen LogP contribution in [0.2, 0.25) is 0 Å². The normalized spacial score (nSPS) is 17.3. The van der Waals surface area contributed by atoms with Gasteiger partial charge in [0.25, 0.3) is 0 Å². The van der Waals surface area contributed by atoms with Crippen molar-refractivity contribution in [2.45, 2.75) is 20.8 Å². The van der Waals surface area contributed by atoms with Crippen LogP contribution in [0.25, 0.3) is 0 Å². The molecule has 0 saturated carbocycles. The fourth-order valence-electron chi connectivity index (χ4n) is 0.596. The summed E-state index contributed by atoms with van der Waals surface area (Å²) >= 11 is 1.64. The van der Waals surface area contributed by atoms with Gasteiger partial charge in [-0.25, -0.2) is 4.99 Å². The number of aliphatic imine (C=N–C) groups is 1. The largest absolute Gasteiger partial charge is 0.209 e. The molecule has 1 nitrogen and oxygen atoms in total. The molecular weight excluding hydrogens is 142 g/mol. The van der Waals surface area contributed by atoms with Gasteiger partial charge < -0.3 is 0 Å². The van der Waals surface area contributed by atoms with Gasteiger partial charge in [-0.05, 0) is 11.3 Å². The van der Waals surface area contributed by atoms with Crippen LogP contribution in [0.5, 0.6) is 0 Å². The zero-order valence-corrected chi connectivity index (χ0v) is 7.33. The van der Waals surface area contributed by atoms with Gasteiger partial charge in [0, 0.05) is 10.8 Å². The van der Waals surface area contributed by atoms with E-state index in [1.165, 1.54) is 0 Å². The average Bonchev–Trinajstić information content (AvgIpc) is 1.88. The Labute approximate surface area is 65.9 Å². The highest BCUT2D eigenvalue weighted by molar-refractivity contribution is 8.05. The first-order chi connectivity index (χ1) is 4.61. The fourth-order valence-corrected chi connectivity index (χ4v) is 1.31. The summed E-state index contributed by atoms with van der Waals surface area (Å²) in [4.78, 5) is 4.14. The monoisotopic (exact) mass is 153 g/mol. The van der Waals surface area contributed by atoms with E-state index in [0.717, 1.165) is 5.70 Å². The Morgan fingerprint density at radius 2 is 2.20 bits per heavy atom. The van der Waals surface area contributed by atoms with E-state index in [9.17, 15) is 0 Å². The van der Waals surface area contributed by atoms with Crippen molar-refractivity contribution >= 4 is 17.6 Å². The highest BCUT2D eigenvalue weighted by Gasteiger charge is 2.16. The summed E-state index contributed by atoms with van der Waals surface area (Å²) in [5, 5.41) is 3.92. The molecule has 2 heteroatoms. The number of rotatable bonds is 0. The number of thioether (sulfide) groups is 1. The molecule has 0 amide bonds. The first-order valence-electron chi connectivity index (χ1n) is 3.25. The molecule has 10 heavy (non-hydrogen) atoms. The van der Waals surface area contributed by atoms with Crippen molar-refractivity contribution in [1.29, 1.82) is 0 Å². The Balaban J connectivity index is 2.85. The molecule has 0 unspecified atom stereocenters. The molecule has 0 aromatic rings. The van der Waals surface area contributed by atoms with Crippen LogP contribution in [0.15, 0.2) is 21.5 Å². The predicted molar refractivity (Wildman–Crippen MR) is 47.1 cm³/mol. The molecule has 54 valence electrons. The lowest BCUT2D eigenvalue weighted by Crippen LogP contribution is -2.07. The summed E-state index contributed by atoms with van der Waals surface area (Å²) in [5.74, 6) is 2.84. The topological polar surface area (TPSA) is 12.4 Å². The highest BCUT2D eigenvalue weighted by atomic mass is 32.2. The van der Waals surface area contributed by atoms with Crippen molar-refractivity contribution in [3.8, 4) is 0 Å². The van der Waals surface area contributed by atoms with E-state index in [1.807, 2.05) is 5.41 Å². The highest BCUT2D eigenvalue weighted by Crippen LogP contribution is 2.29. The first-order valence-corrected chi connectivity index (χ1v) is 4.19. The smallest absolute Gasteiger partial charge is 0.0623 e. The van der Waals surface area contributed by atoms with Crippen LogP contribution >= 0.6 is 11.8 Å². The van der Waals surface area contributed by atoms with Crippen molar-refractivity contribution in [2.75, 3.05) is 0 Å². The van der Waals surface area contributed by atoms with Gasteiger partial charge in [-0.1, -0.05) is 32.5 Å². The van der Waals surface area contributed by atoms with E-state index in [4.69, 9.17) is 0 Å². The molecule has 1 heterocycles. The van der Waals surface area contributed by atoms with Gasteiger partial charge in [-0.15, -0.1) is 0 Å². The van der Waals surface area contributed by atoms with Crippen LogP contribution in [0, 0.1) is 5.41 Å². The second kappa shape index (κ2) is 2.65. The molecule has 1 aliphatic rings. The molecule has 0 N–H and O–H groups in total. The standard InChI is InChI=1S/C8H11NS/c1-8(2,3)7-6-10-5-4-9-7/h5-6H,1-3H3. The van der Waals surface area contributed by atoms with Crippen LogP contribution in [-0.2, 0) is 0 Å². The van der Waals surface area contributed by atoms with Crippen molar-refractivity contribution in [3.63, 3.8) is 0 Å². The lowest BCUT2D eigenvalue weighted by molar-refractivity contribution is 0.500. The molecule has 1 rings (SSSR count). The first kappa shape index (κ1) is 7.64. The van der Waals surface area contributed by atoms with Crippen LogP contribution < -0.4 is 0 Å². The van der Waals surface area contributed by atoms with Gasteiger partial charge >= 0.3 is 0 Å². The number of hydrogen-bond acceptors (Lipinski definition) is 2. The maximum absolute atomic E-state index is 4.14. The Bertz CT molecular complexity index is 214. The minimum Gasteiger partial charge on any atom is -0.209 e. The van der Waals surface area contributed by atoms with Gasteiger partial charge in [-0.2, -0.15) is 0 Å². The van der Waals surface area contributed by atoms with E-state index in [-0.39, 0.29) is 5.41 Å². The van der Waals surface area contributed by atoms with E-state index >= 15 is 0 Å². The fraction of sp³-hybridized carbons (Fsp3) is 0.500. The molecular formula is C8H11NS. The summed E-state index contributed by atoms with van der Waals surface area (Å²) in [7, 11) is 0. The third kappa shape index (κ3) is 1.76. The second-order valence-corrected chi connectivity index (χ2v) is 3.99. The number of hydrogen-bond donors (Lipinski definition) is 0. The van der Waals surface area contributed by atoms with Crippen LogP contribution in [0.3, 0.4) is 0 Å². The Kier molecular flexibility index (Phi) is 2.02. The summed E-state index contributed by atoms with van der Waals surface area (Å²) in [6.07, 6.45) is 0. The molecule has 0 bridgehead atoms. The molecule has 0 aromatic carbocycles. The van der Waals surface area contributed by atoms with Gasteiger partial charge in [0.15, 0.2) is 0 Å². The lowest BCUT2D eigenvalue weighted by atomic mass is 9.93. The molecule has 0 aliphatic carbocycles. The van der Waals surface area contributed by atoms with Crippen molar-refractivity contribution in [3.05, 3.63) is 16.5 Å². The van der Waals surface area contributed by atoms with Crippen LogP contribution in [0.4, 0.5) is 0 Å². The molecule has 1 aliphatic heterocycles. The van der Waals surface area contributed by atoms with E-state index in [2.05, 4.69) is 37.0 Å². The summed E-state index contributed by atoms with van der Waals surface area (Å²) in [6, 6.07) is 0. The maximum atomic E-state index is 4.14. The van der Waals surface area contributed by atoms with Crippen LogP contribution in [-0.4, -0.2) is 5.87 Å². The molecule has 0 saturated heterocycles. The third-order valence-electron chi connectivity index (χ3n) is 1.25. The van der Waals surface area contributed by atoms with Gasteiger partial charge in [0.2, 0.25) is 0 Å². The Morgan fingerprint density at radius 1 is 1.50 bits per heavy atom. The van der Waals surface area contributed by atoms with Crippen molar-refractivity contribution in [2.24, 2.45) is 10.4 Å². The van der Waals surface area contributed by atoms with E-state index in [1.54, 1.807) is 11.8 Å². The summed E-state index contributed by atoms with van der Waals surface area (Å²) in [6.45, 7) is 6.45. The maximum Gasteiger partial charge on any atom is 0.0623 e. The van der Waals surface area contributed by atoms with Crippen LogP contribution in [0.1, 0.15) is 20.8 Å². The van der Waals surface area contributed by atoms with E-state index in [0.29, 0.717) is 0 Å². The second-order valence-electron chi connectivity index (χ2n) is 3.25. The summed E-state index contributed by atoms with van der Waals surface area (Å²) in [5.41, 5.74) is 1.27. The quantitative estimate of drug-likeness (QED) is 0.521. The van der Waals surface area contributed by atoms with Gasteiger partial charge in [0.1, 0.15) is 0 Å². The zero-order chi connectivity index (χ0) is 7.61. The van der Waals surface area contributed by atoms with Gasteiger partial charge in [0.05, 0.1) is 5.70 Å². The molecule has 0 fully saturated rings. The molecule has 0 atom stereocenters. The van der Waals surface area contributed by atoms with Gasteiger partial charge in [-0.3, -0.25) is 0 Å². The Morgan fingerprint density at radius 3 is 2.50 bits per heavy atom. The third-order valence-corrected chi connectivity index (χ3v) is 1.85. The minimum absolute atomic E-state index is 0.161. The predicted octanol–water partition coefficient (Wildman–Crippen LogP) is 2.80. The SMILES string of the molecule is CC(C)(C)C1=CSC=C=N1. The average molecular weight is 153 g/mol.